The summed E-state index contributed by atoms with van der Waals surface area (Å²) in [5.41, 5.74) is 0. The molecule has 0 radical (unpaired) electrons. The highest BCUT2D eigenvalue weighted by Gasteiger charge is 2.64. The van der Waals surface area contributed by atoms with Crippen molar-refractivity contribution in [2.75, 3.05) is 0 Å². The zero-order chi connectivity index (χ0) is 20.6. The topological polar surface area (TPSA) is 34.1 Å². The van der Waals surface area contributed by atoms with Crippen molar-refractivity contribution < 1.29 is 53.5 Å². The first-order chi connectivity index (χ1) is 11.5. The Morgan fingerprint density at radius 3 is 1.23 bits per heavy atom. The maximum Gasteiger partial charge on any atom is 0.462 e. The molecular weight excluding hydrogens is 430 g/mol. The van der Waals surface area contributed by atoms with Gasteiger partial charge in [-0.05, 0) is 41.7 Å². The predicted molar refractivity (Wildman–Crippen MR) is 70.2 cm³/mol. The molecule has 14 heteroatoms. The van der Waals surface area contributed by atoms with Gasteiger partial charge in [-0.3, -0.25) is 9.59 Å². The number of carbonyl (C=O) groups is 2. The molecule has 26 heavy (non-hydrogen) atoms. The summed E-state index contributed by atoms with van der Waals surface area (Å²) in [7, 11) is 0. The minimum Gasteiger partial charge on any atom is -0.280 e. The highest BCUT2D eigenvalue weighted by Crippen LogP contribution is 2.43. The van der Waals surface area contributed by atoms with Crippen LogP contribution >= 0.6 is 23.5 Å². The van der Waals surface area contributed by atoms with Crippen LogP contribution in [0.1, 0.15) is 0 Å². The first-order valence-electron chi connectivity index (χ1n) is 5.94. The first-order valence-corrected chi connectivity index (χ1v) is 7.57. The van der Waals surface area contributed by atoms with E-state index in [0.717, 1.165) is 18.2 Å². The molecule has 146 valence electrons. The fraction of sp³-hybridized carbons (Fsp3) is 0.333. The van der Waals surface area contributed by atoms with Crippen LogP contribution in [0.5, 0.6) is 0 Å². The standard InChI is InChI=1S/C12H4F10O2S2/c13-9(14,11(17,18)19)7(23)25-5-2-1-3-6(4-5)26-8(24)10(15,16)12(20,21)22/h1-4H. The van der Waals surface area contributed by atoms with Crippen LogP contribution in [-0.4, -0.2) is 34.4 Å². The van der Waals surface area contributed by atoms with E-state index in [4.69, 9.17) is 0 Å². The van der Waals surface area contributed by atoms with E-state index in [1.54, 1.807) is 0 Å². The lowest BCUT2D eigenvalue weighted by Crippen LogP contribution is -2.42. The molecule has 2 nitrogen and oxygen atoms in total. The van der Waals surface area contributed by atoms with E-state index in [9.17, 15) is 53.5 Å². The van der Waals surface area contributed by atoms with Gasteiger partial charge in [0, 0.05) is 9.79 Å². The van der Waals surface area contributed by atoms with Crippen LogP contribution in [0, 0.1) is 0 Å². The number of thioether (sulfide) groups is 2. The third-order valence-electron chi connectivity index (χ3n) is 2.45. The molecule has 0 fully saturated rings. The van der Waals surface area contributed by atoms with Crippen LogP contribution in [0.2, 0.25) is 0 Å². The van der Waals surface area contributed by atoms with Crippen LogP contribution in [0.3, 0.4) is 0 Å². The van der Waals surface area contributed by atoms with Crippen molar-refractivity contribution in [3.8, 4) is 0 Å². The molecule has 0 saturated heterocycles. The molecule has 0 atom stereocenters. The van der Waals surface area contributed by atoms with Gasteiger partial charge in [0.2, 0.25) is 0 Å². The lowest BCUT2D eigenvalue weighted by Gasteiger charge is -2.18. The molecule has 0 unspecified atom stereocenters. The molecule has 0 bridgehead atoms. The Morgan fingerprint density at radius 1 is 0.654 bits per heavy atom. The Bertz CT molecular complexity index is 641. The smallest absolute Gasteiger partial charge is 0.280 e. The predicted octanol–water partition coefficient (Wildman–Crippen LogP) is 5.32. The summed E-state index contributed by atoms with van der Waals surface area (Å²) >= 11 is -1.22. The molecule has 0 saturated carbocycles. The van der Waals surface area contributed by atoms with Gasteiger partial charge < -0.3 is 0 Å². The average Bonchev–Trinajstić information content (AvgIpc) is 2.44. The number of halogens is 10. The van der Waals surface area contributed by atoms with Crippen molar-refractivity contribution in [3.63, 3.8) is 0 Å². The SMILES string of the molecule is O=C(Sc1cccc(SC(=O)C(F)(F)C(F)(F)F)c1)C(F)(F)C(F)(F)F. The summed E-state index contributed by atoms with van der Waals surface area (Å²) < 4.78 is 124. The number of carbonyl (C=O) groups excluding carboxylic acids is 2. The van der Waals surface area contributed by atoms with E-state index in [-0.39, 0.29) is 0 Å². The van der Waals surface area contributed by atoms with Crippen molar-refractivity contribution >= 4 is 33.8 Å². The fourth-order valence-corrected chi connectivity index (χ4v) is 2.83. The highest BCUT2D eigenvalue weighted by molar-refractivity contribution is 8.14. The molecule has 0 amide bonds. The third-order valence-corrected chi connectivity index (χ3v) is 4.31. The molecule has 0 N–H and O–H groups in total. The van der Waals surface area contributed by atoms with Crippen molar-refractivity contribution in [1.29, 1.82) is 0 Å². The molecule has 0 aliphatic carbocycles. The summed E-state index contributed by atoms with van der Waals surface area (Å²) in [6.45, 7) is 0. The second-order valence-corrected chi connectivity index (χ2v) is 6.49. The maximum absolute atomic E-state index is 12.8. The molecule has 1 aromatic rings. The van der Waals surface area contributed by atoms with Gasteiger partial charge in [0.15, 0.2) is 0 Å². The summed E-state index contributed by atoms with van der Waals surface area (Å²) in [6, 6.07) is 3.06. The van der Waals surface area contributed by atoms with Gasteiger partial charge in [-0.1, -0.05) is 6.07 Å². The summed E-state index contributed by atoms with van der Waals surface area (Å²) in [5, 5.41) is -5.28. The Balaban J connectivity index is 2.97. The van der Waals surface area contributed by atoms with Crippen molar-refractivity contribution in [2.24, 2.45) is 0 Å². The molecule has 0 aliphatic rings. The number of hydrogen-bond acceptors (Lipinski definition) is 4. The Kier molecular flexibility index (Phi) is 6.34. The number of hydrogen-bond donors (Lipinski definition) is 0. The monoisotopic (exact) mass is 434 g/mol. The molecule has 0 spiro atoms. The summed E-state index contributed by atoms with van der Waals surface area (Å²) in [5.74, 6) is -11.4. The average molecular weight is 434 g/mol. The lowest BCUT2D eigenvalue weighted by molar-refractivity contribution is -0.264. The maximum atomic E-state index is 12.8. The molecule has 0 aliphatic heterocycles. The molecular formula is C12H4F10O2S2. The van der Waals surface area contributed by atoms with Crippen molar-refractivity contribution in [1.82, 2.24) is 0 Å². The van der Waals surface area contributed by atoms with Gasteiger partial charge in [-0.15, -0.1) is 0 Å². The third kappa shape index (κ3) is 4.84. The number of rotatable bonds is 4. The summed E-state index contributed by atoms with van der Waals surface area (Å²) in [4.78, 5) is 20.9. The fourth-order valence-electron chi connectivity index (χ4n) is 1.17. The van der Waals surface area contributed by atoms with E-state index < -0.39 is 67.7 Å². The zero-order valence-corrected chi connectivity index (χ0v) is 13.4. The van der Waals surface area contributed by atoms with Gasteiger partial charge in [-0.25, -0.2) is 0 Å². The zero-order valence-electron chi connectivity index (χ0n) is 11.7. The minimum atomic E-state index is -6.17. The quantitative estimate of drug-likeness (QED) is 0.475. The Morgan fingerprint density at radius 2 is 0.962 bits per heavy atom. The summed E-state index contributed by atoms with van der Waals surface area (Å²) in [6.07, 6.45) is -12.3. The lowest BCUT2D eigenvalue weighted by atomic mass is 10.3. The Labute approximate surface area is 146 Å². The van der Waals surface area contributed by atoms with Crippen LogP contribution < -0.4 is 0 Å². The van der Waals surface area contributed by atoms with Crippen LogP contribution in [0.25, 0.3) is 0 Å². The van der Waals surface area contributed by atoms with Crippen LogP contribution in [-0.2, 0) is 9.59 Å². The Hall–Kier alpha value is -1.44. The van der Waals surface area contributed by atoms with E-state index in [0.29, 0.717) is 6.07 Å². The van der Waals surface area contributed by atoms with Gasteiger partial charge >= 0.3 is 24.2 Å². The molecule has 1 rings (SSSR count). The number of benzene rings is 1. The number of alkyl halides is 10. The normalized spacial score (nSPS) is 13.6. The van der Waals surface area contributed by atoms with Crippen molar-refractivity contribution in [2.45, 2.75) is 34.0 Å². The van der Waals surface area contributed by atoms with Gasteiger partial charge in [0.1, 0.15) is 0 Å². The first kappa shape index (κ1) is 22.6. The minimum absolute atomic E-state index is 0.546. The van der Waals surface area contributed by atoms with E-state index >= 15 is 0 Å². The highest BCUT2D eigenvalue weighted by atomic mass is 32.2. The van der Waals surface area contributed by atoms with Gasteiger partial charge in [0.05, 0.1) is 0 Å². The largest absolute Gasteiger partial charge is 0.462 e. The second-order valence-electron chi connectivity index (χ2n) is 4.40. The van der Waals surface area contributed by atoms with E-state index in [1.807, 2.05) is 0 Å². The van der Waals surface area contributed by atoms with Crippen LogP contribution in [0.4, 0.5) is 43.9 Å². The molecule has 0 aromatic heterocycles. The molecule has 0 heterocycles. The van der Waals surface area contributed by atoms with E-state index in [2.05, 4.69) is 0 Å². The van der Waals surface area contributed by atoms with Crippen molar-refractivity contribution in [3.05, 3.63) is 24.3 Å². The second kappa shape index (κ2) is 7.29. The van der Waals surface area contributed by atoms with Gasteiger partial charge in [0.25, 0.3) is 10.2 Å². The van der Waals surface area contributed by atoms with E-state index in [1.165, 1.54) is 0 Å². The molecule has 1 aromatic carbocycles. The van der Waals surface area contributed by atoms with Gasteiger partial charge in [-0.2, -0.15) is 43.9 Å². The van der Waals surface area contributed by atoms with Crippen LogP contribution in [0.15, 0.2) is 34.1 Å².